The van der Waals surface area contributed by atoms with E-state index in [-0.39, 0.29) is 35.4 Å². The number of halogens is 7. The van der Waals surface area contributed by atoms with E-state index in [4.69, 9.17) is 4.74 Å². The van der Waals surface area contributed by atoms with Gasteiger partial charge in [-0.2, -0.15) is 8.78 Å². The van der Waals surface area contributed by atoms with Gasteiger partial charge in [-0.15, -0.1) is 0 Å². The van der Waals surface area contributed by atoms with E-state index in [9.17, 15) is 22.0 Å². The quantitative estimate of drug-likeness (QED) is 0.128. The number of aryl methyl sites for hydroxylation is 1. The van der Waals surface area contributed by atoms with Crippen LogP contribution >= 0.6 is 0 Å². The van der Waals surface area contributed by atoms with Crippen LogP contribution in [0.3, 0.4) is 0 Å². The molecule has 0 bridgehead atoms. The molecular weight excluding hydrogens is 581 g/mol. The third kappa shape index (κ3) is 7.17. The molecule has 0 radical (unpaired) electrons. The van der Waals surface area contributed by atoms with E-state index in [0.717, 1.165) is 55.5 Å². The highest BCUT2D eigenvalue weighted by atomic mass is 19.3. The van der Waals surface area contributed by atoms with Crippen molar-refractivity contribution in [3.05, 3.63) is 119 Å². The standard InChI is InChI=1S/C36H33F7O/c1-2-3-4-5-22-6-8-24(9-7-22)27-20-33(40)35(34(41)21-27)36(42,43)44-28-14-10-23(11-15-28)25-12-16-29(31(38)18-25)26-13-17-30(37)32(39)19-26/h6-9,12-13,16-21,23,28H,2-5,10-11,14-15H2,1H3. The summed E-state index contributed by atoms with van der Waals surface area (Å²) in [6.07, 6.45) is 0.138. The van der Waals surface area contributed by atoms with Crippen molar-refractivity contribution in [3.63, 3.8) is 0 Å². The molecule has 44 heavy (non-hydrogen) atoms. The number of ether oxygens (including phenoxy) is 1. The number of alkyl halides is 2. The zero-order chi connectivity index (χ0) is 31.4. The second-order valence-corrected chi connectivity index (χ2v) is 11.4. The first-order valence-corrected chi connectivity index (χ1v) is 14.9. The van der Waals surface area contributed by atoms with Crippen molar-refractivity contribution in [1.29, 1.82) is 0 Å². The molecular formula is C36H33F7O. The maximum atomic E-state index is 15.1. The summed E-state index contributed by atoms with van der Waals surface area (Å²) >= 11 is 0. The molecule has 1 saturated carbocycles. The van der Waals surface area contributed by atoms with Crippen LogP contribution in [-0.2, 0) is 17.3 Å². The lowest BCUT2D eigenvalue weighted by Gasteiger charge is -2.31. The van der Waals surface area contributed by atoms with E-state index in [1.807, 2.05) is 12.1 Å². The van der Waals surface area contributed by atoms with E-state index in [2.05, 4.69) is 6.92 Å². The second-order valence-electron chi connectivity index (χ2n) is 11.4. The zero-order valence-corrected chi connectivity index (χ0v) is 24.3. The molecule has 4 aromatic rings. The lowest BCUT2D eigenvalue weighted by molar-refractivity contribution is -0.280. The molecule has 8 heteroatoms. The van der Waals surface area contributed by atoms with Crippen LogP contribution in [0.15, 0.2) is 72.8 Å². The van der Waals surface area contributed by atoms with Crippen molar-refractivity contribution < 1.29 is 35.5 Å². The molecule has 0 spiro atoms. The van der Waals surface area contributed by atoms with Gasteiger partial charge in [0.2, 0.25) is 0 Å². The van der Waals surface area contributed by atoms with Gasteiger partial charge in [0.05, 0.1) is 6.10 Å². The van der Waals surface area contributed by atoms with E-state index in [1.54, 1.807) is 18.2 Å². The first-order valence-electron chi connectivity index (χ1n) is 14.9. The Labute approximate surface area is 252 Å². The Hall–Kier alpha value is -3.65. The van der Waals surface area contributed by atoms with Crippen LogP contribution in [0.1, 0.15) is 74.5 Å². The predicted molar refractivity (Wildman–Crippen MR) is 157 cm³/mol. The van der Waals surface area contributed by atoms with Crippen LogP contribution < -0.4 is 0 Å². The van der Waals surface area contributed by atoms with Gasteiger partial charge in [-0.05, 0) is 103 Å². The van der Waals surface area contributed by atoms with Gasteiger partial charge < -0.3 is 4.74 Å². The molecule has 0 aromatic heterocycles. The van der Waals surface area contributed by atoms with Crippen LogP contribution in [0.2, 0.25) is 0 Å². The Morgan fingerprint density at radius 1 is 0.636 bits per heavy atom. The molecule has 0 N–H and O–H groups in total. The van der Waals surface area contributed by atoms with Gasteiger partial charge in [-0.3, -0.25) is 0 Å². The molecule has 1 aliphatic rings. The van der Waals surface area contributed by atoms with Crippen molar-refractivity contribution in [2.75, 3.05) is 0 Å². The molecule has 0 atom stereocenters. The van der Waals surface area contributed by atoms with Crippen molar-refractivity contribution >= 4 is 0 Å². The first-order chi connectivity index (χ1) is 21.1. The molecule has 0 unspecified atom stereocenters. The number of hydrogen-bond acceptors (Lipinski definition) is 1. The zero-order valence-electron chi connectivity index (χ0n) is 24.3. The summed E-state index contributed by atoms with van der Waals surface area (Å²) in [5.74, 6) is -5.65. The Balaban J connectivity index is 1.22. The van der Waals surface area contributed by atoms with Crippen molar-refractivity contribution in [1.82, 2.24) is 0 Å². The lowest BCUT2D eigenvalue weighted by Crippen LogP contribution is -2.31. The molecule has 5 rings (SSSR count). The fraction of sp³-hybridized carbons (Fsp3) is 0.333. The summed E-state index contributed by atoms with van der Waals surface area (Å²) in [6, 6.07) is 16.6. The van der Waals surface area contributed by atoms with Crippen molar-refractivity contribution in [3.8, 4) is 22.3 Å². The van der Waals surface area contributed by atoms with Crippen molar-refractivity contribution in [2.24, 2.45) is 0 Å². The largest absolute Gasteiger partial charge is 0.389 e. The topological polar surface area (TPSA) is 9.23 Å². The predicted octanol–water partition coefficient (Wildman–Crippen LogP) is 11.2. The summed E-state index contributed by atoms with van der Waals surface area (Å²) in [5.41, 5.74) is 1.29. The van der Waals surface area contributed by atoms with Crippen LogP contribution in [0.25, 0.3) is 22.3 Å². The highest BCUT2D eigenvalue weighted by Gasteiger charge is 2.42. The SMILES string of the molecule is CCCCCc1ccc(-c2cc(F)c(C(F)(F)OC3CCC(c4ccc(-c5ccc(F)c(F)c5)c(F)c4)CC3)c(F)c2)cc1. The Bertz CT molecular complexity index is 1570. The Morgan fingerprint density at radius 3 is 1.89 bits per heavy atom. The first kappa shape index (κ1) is 31.8. The van der Waals surface area contributed by atoms with Gasteiger partial charge in [-0.25, -0.2) is 22.0 Å². The minimum atomic E-state index is -4.19. The van der Waals surface area contributed by atoms with Crippen LogP contribution in [0.4, 0.5) is 30.7 Å². The summed E-state index contributed by atoms with van der Waals surface area (Å²) in [4.78, 5) is 0. The third-order valence-corrected chi connectivity index (χ3v) is 8.37. The van der Waals surface area contributed by atoms with Crippen LogP contribution in [-0.4, -0.2) is 6.10 Å². The van der Waals surface area contributed by atoms with Crippen LogP contribution in [0.5, 0.6) is 0 Å². The minimum Gasteiger partial charge on any atom is -0.313 e. The molecule has 0 heterocycles. The van der Waals surface area contributed by atoms with Gasteiger partial charge >= 0.3 is 6.11 Å². The number of unbranched alkanes of at least 4 members (excludes halogenated alkanes) is 2. The van der Waals surface area contributed by atoms with Crippen molar-refractivity contribution in [2.45, 2.75) is 76.4 Å². The van der Waals surface area contributed by atoms with Gasteiger partial charge in [0, 0.05) is 5.56 Å². The molecule has 0 saturated heterocycles. The smallest absolute Gasteiger partial charge is 0.313 e. The average molecular weight is 615 g/mol. The van der Waals surface area contributed by atoms with Gasteiger partial charge in [0.25, 0.3) is 0 Å². The lowest BCUT2D eigenvalue weighted by atomic mass is 9.82. The normalized spacial score (nSPS) is 17.2. The Morgan fingerprint density at radius 2 is 1.27 bits per heavy atom. The monoisotopic (exact) mass is 614 g/mol. The van der Waals surface area contributed by atoms with E-state index < -0.39 is 46.9 Å². The average Bonchev–Trinajstić information content (AvgIpc) is 2.99. The maximum Gasteiger partial charge on any atom is 0.389 e. The van der Waals surface area contributed by atoms with Gasteiger partial charge in [-0.1, -0.05) is 62.2 Å². The molecule has 1 fully saturated rings. The fourth-order valence-corrected chi connectivity index (χ4v) is 5.93. The minimum absolute atomic E-state index is 0.110. The molecule has 232 valence electrons. The molecule has 0 amide bonds. The van der Waals surface area contributed by atoms with E-state index in [1.165, 1.54) is 18.2 Å². The summed E-state index contributed by atoms with van der Waals surface area (Å²) < 4.78 is 107. The van der Waals surface area contributed by atoms with E-state index in [0.29, 0.717) is 24.0 Å². The van der Waals surface area contributed by atoms with Gasteiger partial charge in [0.15, 0.2) is 11.6 Å². The Kier molecular flexibility index (Phi) is 9.78. The second kappa shape index (κ2) is 13.6. The highest BCUT2D eigenvalue weighted by Crippen LogP contribution is 2.42. The molecule has 1 aliphatic carbocycles. The van der Waals surface area contributed by atoms with Crippen LogP contribution in [0, 0.1) is 29.1 Å². The maximum absolute atomic E-state index is 15.1. The number of rotatable bonds is 10. The summed E-state index contributed by atoms with van der Waals surface area (Å²) in [6.45, 7) is 2.12. The highest BCUT2D eigenvalue weighted by molar-refractivity contribution is 5.65. The third-order valence-electron chi connectivity index (χ3n) is 8.37. The summed E-state index contributed by atoms with van der Waals surface area (Å²) in [5, 5.41) is 0. The van der Waals surface area contributed by atoms with Gasteiger partial charge in [0.1, 0.15) is 23.0 Å². The number of hydrogen-bond donors (Lipinski definition) is 0. The molecule has 4 aromatic carbocycles. The number of benzene rings is 4. The molecule has 1 nitrogen and oxygen atoms in total. The molecule has 0 aliphatic heterocycles. The fourth-order valence-electron chi connectivity index (χ4n) is 5.93. The van der Waals surface area contributed by atoms with E-state index >= 15 is 8.78 Å². The summed E-state index contributed by atoms with van der Waals surface area (Å²) in [7, 11) is 0.